The van der Waals surface area contributed by atoms with Gasteiger partial charge in [-0.1, -0.05) is 12.1 Å². The number of carbonyl (C=O) groups is 1. The summed E-state index contributed by atoms with van der Waals surface area (Å²) < 4.78 is 18.2. The number of methoxy groups -OCH3 is 3. The van der Waals surface area contributed by atoms with Crippen LogP contribution in [-0.4, -0.2) is 36.8 Å². The van der Waals surface area contributed by atoms with Gasteiger partial charge in [0.25, 0.3) is 0 Å². The molecule has 1 amide bonds. The quantitative estimate of drug-likeness (QED) is 0.630. The predicted molar refractivity (Wildman–Crippen MR) is 112 cm³/mol. The number of amides is 1. The summed E-state index contributed by atoms with van der Waals surface area (Å²) in [5.74, 6) is 2.28. The molecule has 1 unspecified atom stereocenters. The van der Waals surface area contributed by atoms with Crippen molar-refractivity contribution in [3.8, 4) is 17.2 Å². The first-order chi connectivity index (χ1) is 14.0. The zero-order valence-electron chi connectivity index (χ0n) is 17.5. The van der Waals surface area contributed by atoms with E-state index >= 15 is 0 Å². The van der Waals surface area contributed by atoms with Crippen LogP contribution in [0.5, 0.6) is 17.2 Å². The average Bonchev–Trinajstić information content (AvgIpc) is 3.11. The molecule has 0 aliphatic heterocycles. The number of ether oxygens (including phenoxy) is 3. The van der Waals surface area contributed by atoms with Gasteiger partial charge in [0.15, 0.2) is 11.5 Å². The number of hydrogen-bond donors (Lipinski definition) is 1. The Bertz CT molecular complexity index is 987. The summed E-state index contributed by atoms with van der Waals surface area (Å²) in [5, 5.41) is 3.05. The molecule has 1 heterocycles. The van der Waals surface area contributed by atoms with Crippen molar-refractivity contribution in [2.45, 2.75) is 32.9 Å². The summed E-state index contributed by atoms with van der Waals surface area (Å²) in [6.07, 6.45) is 0.188. The number of fused-ring (bicyclic) bond motifs is 1. The highest BCUT2D eigenvalue weighted by atomic mass is 16.5. The molecule has 0 radical (unpaired) electrons. The van der Waals surface area contributed by atoms with Crippen molar-refractivity contribution in [3.63, 3.8) is 0 Å². The van der Waals surface area contributed by atoms with E-state index in [4.69, 9.17) is 19.2 Å². The fraction of sp³-hybridized carbons (Fsp3) is 0.364. The van der Waals surface area contributed by atoms with Crippen molar-refractivity contribution < 1.29 is 19.0 Å². The zero-order chi connectivity index (χ0) is 21.0. The molecule has 0 saturated carbocycles. The molecule has 0 aliphatic rings. The molecule has 0 fully saturated rings. The van der Waals surface area contributed by atoms with Gasteiger partial charge in [0.2, 0.25) is 11.7 Å². The number of rotatable bonds is 8. The first kappa shape index (κ1) is 20.5. The Balaban J connectivity index is 1.79. The molecule has 3 rings (SSSR count). The highest BCUT2D eigenvalue weighted by Crippen LogP contribution is 2.38. The molecule has 2 aromatic carbocycles. The predicted octanol–water partition coefficient (Wildman–Crippen LogP) is 3.50. The smallest absolute Gasteiger partial charge is 0.225 e. The monoisotopic (exact) mass is 397 g/mol. The first-order valence-corrected chi connectivity index (χ1v) is 9.55. The second kappa shape index (κ2) is 8.86. The number of benzene rings is 2. The Morgan fingerprint density at radius 3 is 2.34 bits per heavy atom. The van der Waals surface area contributed by atoms with Crippen LogP contribution in [0, 0.1) is 0 Å². The van der Waals surface area contributed by atoms with E-state index in [0.717, 1.165) is 29.0 Å². The minimum absolute atomic E-state index is 0.110. The number of aromatic nitrogens is 2. The molecule has 1 N–H and O–H groups in total. The van der Waals surface area contributed by atoms with Crippen molar-refractivity contribution in [1.29, 1.82) is 0 Å². The Morgan fingerprint density at radius 1 is 1.10 bits per heavy atom. The first-order valence-electron chi connectivity index (χ1n) is 9.55. The molecular formula is C22H27N3O4. The summed E-state index contributed by atoms with van der Waals surface area (Å²) in [7, 11) is 4.66. The van der Waals surface area contributed by atoms with Crippen LogP contribution in [0.15, 0.2) is 36.4 Å². The van der Waals surface area contributed by atoms with Crippen LogP contribution < -0.4 is 19.5 Å². The summed E-state index contributed by atoms with van der Waals surface area (Å²) in [4.78, 5) is 17.4. The van der Waals surface area contributed by atoms with E-state index in [1.54, 1.807) is 33.5 Å². The summed E-state index contributed by atoms with van der Waals surface area (Å²) in [5.41, 5.74) is 2.76. The number of nitrogens with zero attached hydrogens (tertiary/aromatic N) is 2. The van der Waals surface area contributed by atoms with Crippen LogP contribution in [0.1, 0.15) is 31.3 Å². The molecule has 7 nitrogen and oxygen atoms in total. The number of imidazole rings is 1. The van der Waals surface area contributed by atoms with Gasteiger partial charge in [-0.3, -0.25) is 4.79 Å². The van der Waals surface area contributed by atoms with Crippen molar-refractivity contribution in [2.75, 3.05) is 21.3 Å². The maximum Gasteiger partial charge on any atom is 0.225 e. The molecule has 1 atom stereocenters. The van der Waals surface area contributed by atoms with Crippen molar-refractivity contribution >= 4 is 16.9 Å². The molecule has 0 aliphatic carbocycles. The van der Waals surface area contributed by atoms with Gasteiger partial charge in [0.05, 0.1) is 44.8 Å². The van der Waals surface area contributed by atoms with Crippen molar-refractivity contribution in [3.05, 3.63) is 47.8 Å². The maximum atomic E-state index is 12.7. The molecule has 7 heteroatoms. The van der Waals surface area contributed by atoms with Crippen LogP contribution in [0.3, 0.4) is 0 Å². The van der Waals surface area contributed by atoms with Gasteiger partial charge < -0.3 is 24.1 Å². The van der Waals surface area contributed by atoms with E-state index in [2.05, 4.69) is 16.8 Å². The van der Waals surface area contributed by atoms with Gasteiger partial charge >= 0.3 is 0 Å². The normalized spacial score (nSPS) is 11.9. The van der Waals surface area contributed by atoms with Gasteiger partial charge in [-0.2, -0.15) is 0 Å². The third-order valence-corrected chi connectivity index (χ3v) is 4.85. The van der Waals surface area contributed by atoms with E-state index in [-0.39, 0.29) is 18.4 Å². The summed E-state index contributed by atoms with van der Waals surface area (Å²) in [6, 6.07) is 11.3. The van der Waals surface area contributed by atoms with Gasteiger partial charge in [-0.05, 0) is 43.7 Å². The Kier molecular flexibility index (Phi) is 6.26. The van der Waals surface area contributed by atoms with Crippen molar-refractivity contribution in [2.24, 2.45) is 0 Å². The SMILES string of the molecule is CCn1c(C(C)NC(=O)Cc2cc(OC)c(OC)c(OC)c2)nc2ccccc21. The summed E-state index contributed by atoms with van der Waals surface area (Å²) in [6.45, 7) is 4.80. The number of carbonyl (C=O) groups excluding carboxylic acids is 1. The summed E-state index contributed by atoms with van der Waals surface area (Å²) >= 11 is 0. The molecule has 154 valence electrons. The molecule has 0 saturated heterocycles. The minimum atomic E-state index is -0.225. The average molecular weight is 397 g/mol. The van der Waals surface area contributed by atoms with Crippen LogP contribution in [0.2, 0.25) is 0 Å². The lowest BCUT2D eigenvalue weighted by Gasteiger charge is -2.17. The van der Waals surface area contributed by atoms with Gasteiger partial charge in [-0.15, -0.1) is 0 Å². The van der Waals surface area contributed by atoms with E-state index in [0.29, 0.717) is 17.2 Å². The highest BCUT2D eigenvalue weighted by Gasteiger charge is 2.19. The van der Waals surface area contributed by atoms with Crippen molar-refractivity contribution in [1.82, 2.24) is 14.9 Å². The maximum absolute atomic E-state index is 12.7. The third kappa shape index (κ3) is 4.13. The third-order valence-electron chi connectivity index (χ3n) is 4.85. The number of hydrogen-bond acceptors (Lipinski definition) is 5. The zero-order valence-corrected chi connectivity index (χ0v) is 17.5. The van der Waals surface area contributed by atoms with Crippen LogP contribution in [0.25, 0.3) is 11.0 Å². The number of aryl methyl sites for hydroxylation is 1. The Labute approximate surface area is 170 Å². The van der Waals surface area contributed by atoms with E-state index in [9.17, 15) is 4.79 Å². The Morgan fingerprint density at radius 2 is 1.76 bits per heavy atom. The van der Waals surface area contributed by atoms with Crippen LogP contribution in [0.4, 0.5) is 0 Å². The minimum Gasteiger partial charge on any atom is -0.493 e. The standard InChI is InChI=1S/C22H27N3O4/c1-6-25-17-10-8-7-9-16(17)24-22(25)14(2)23-20(26)13-15-11-18(27-3)21(29-5)19(12-15)28-4/h7-12,14H,6,13H2,1-5H3,(H,23,26). The van der Waals surface area contributed by atoms with Crippen LogP contribution in [-0.2, 0) is 17.8 Å². The van der Waals surface area contributed by atoms with Gasteiger partial charge in [-0.25, -0.2) is 4.98 Å². The Hall–Kier alpha value is -3.22. The van der Waals surface area contributed by atoms with Gasteiger partial charge in [0, 0.05) is 6.54 Å². The lowest BCUT2D eigenvalue weighted by Crippen LogP contribution is -2.30. The highest BCUT2D eigenvalue weighted by molar-refractivity contribution is 5.80. The lowest BCUT2D eigenvalue weighted by atomic mass is 10.1. The second-order valence-corrected chi connectivity index (χ2v) is 6.70. The second-order valence-electron chi connectivity index (χ2n) is 6.70. The van der Waals surface area contributed by atoms with Gasteiger partial charge in [0.1, 0.15) is 5.82 Å². The molecular weight excluding hydrogens is 370 g/mol. The van der Waals surface area contributed by atoms with Crippen LogP contribution >= 0.6 is 0 Å². The molecule has 0 spiro atoms. The lowest BCUT2D eigenvalue weighted by molar-refractivity contribution is -0.121. The van der Waals surface area contributed by atoms with E-state index < -0.39 is 0 Å². The fourth-order valence-electron chi connectivity index (χ4n) is 3.54. The topological polar surface area (TPSA) is 74.6 Å². The largest absolute Gasteiger partial charge is 0.493 e. The molecule has 3 aromatic rings. The number of nitrogens with one attached hydrogen (secondary N) is 1. The fourth-order valence-corrected chi connectivity index (χ4v) is 3.54. The van der Waals surface area contributed by atoms with E-state index in [1.165, 1.54) is 0 Å². The molecule has 0 bridgehead atoms. The van der Waals surface area contributed by atoms with E-state index in [1.807, 2.05) is 31.2 Å². The molecule has 1 aromatic heterocycles. The molecule has 29 heavy (non-hydrogen) atoms. The number of para-hydroxylation sites is 2.